The van der Waals surface area contributed by atoms with Crippen molar-refractivity contribution in [3.8, 4) is 5.75 Å². The Bertz CT molecular complexity index is 402. The van der Waals surface area contributed by atoms with Gasteiger partial charge in [-0.25, -0.2) is 0 Å². The number of nitrogens with two attached hydrogens (primary N) is 1. The monoisotopic (exact) mass is 264 g/mol. The number of rotatable bonds is 7. The van der Waals surface area contributed by atoms with Gasteiger partial charge < -0.3 is 15.4 Å². The van der Waals surface area contributed by atoms with Gasteiger partial charge in [0.15, 0.2) is 0 Å². The molecule has 0 aliphatic rings. The first-order chi connectivity index (χ1) is 8.89. The Kier molecular flexibility index (Phi) is 5.67. The zero-order valence-corrected chi connectivity index (χ0v) is 13.0. The van der Waals surface area contributed by atoms with Crippen LogP contribution in [-0.4, -0.2) is 26.7 Å². The molecule has 0 saturated carbocycles. The molecule has 1 aromatic carbocycles. The molecule has 0 radical (unpaired) electrons. The van der Waals surface area contributed by atoms with Gasteiger partial charge in [-0.1, -0.05) is 13.8 Å². The summed E-state index contributed by atoms with van der Waals surface area (Å²) < 4.78 is 5.57. The molecule has 0 fully saturated rings. The number of anilines is 1. The van der Waals surface area contributed by atoms with E-state index in [1.165, 1.54) is 11.3 Å². The number of hydrogen-bond donors (Lipinski definition) is 1. The lowest BCUT2D eigenvalue weighted by Crippen LogP contribution is -2.29. The lowest BCUT2D eigenvalue weighted by Gasteiger charge is -2.27. The van der Waals surface area contributed by atoms with E-state index < -0.39 is 0 Å². The molecule has 0 aliphatic carbocycles. The number of hydrogen-bond acceptors (Lipinski definition) is 3. The van der Waals surface area contributed by atoms with Gasteiger partial charge in [-0.05, 0) is 56.0 Å². The smallest absolute Gasteiger partial charge is 0.122 e. The molecule has 1 rings (SSSR count). The SMILES string of the molecule is CCOc1ccc(N(C)CCC(C)(C)CN)cc1C. The maximum Gasteiger partial charge on any atom is 0.122 e. The van der Waals surface area contributed by atoms with Crippen molar-refractivity contribution in [1.82, 2.24) is 0 Å². The Balaban J connectivity index is 2.67. The first kappa shape index (κ1) is 15.8. The van der Waals surface area contributed by atoms with Crippen LogP contribution >= 0.6 is 0 Å². The van der Waals surface area contributed by atoms with Crippen LogP contribution in [0.15, 0.2) is 18.2 Å². The third-order valence-electron chi connectivity index (χ3n) is 3.58. The molecular weight excluding hydrogens is 236 g/mol. The quantitative estimate of drug-likeness (QED) is 0.822. The molecular formula is C16H28N2O. The van der Waals surface area contributed by atoms with Crippen molar-refractivity contribution in [1.29, 1.82) is 0 Å². The standard InChI is InChI=1S/C16H28N2O/c1-6-19-15-8-7-14(11-13(15)2)18(5)10-9-16(3,4)12-17/h7-8,11H,6,9-10,12,17H2,1-5H3. The minimum atomic E-state index is 0.203. The third kappa shape index (κ3) is 4.75. The van der Waals surface area contributed by atoms with Gasteiger partial charge in [0.05, 0.1) is 6.61 Å². The van der Waals surface area contributed by atoms with E-state index in [-0.39, 0.29) is 5.41 Å². The summed E-state index contributed by atoms with van der Waals surface area (Å²) in [5.74, 6) is 0.974. The lowest BCUT2D eigenvalue weighted by molar-refractivity contribution is 0.338. The Morgan fingerprint density at radius 3 is 2.53 bits per heavy atom. The third-order valence-corrected chi connectivity index (χ3v) is 3.58. The van der Waals surface area contributed by atoms with Crippen molar-refractivity contribution in [3.63, 3.8) is 0 Å². The molecule has 2 N–H and O–H groups in total. The van der Waals surface area contributed by atoms with Crippen LogP contribution in [-0.2, 0) is 0 Å². The molecule has 0 unspecified atom stereocenters. The first-order valence-electron chi connectivity index (χ1n) is 7.04. The summed E-state index contributed by atoms with van der Waals surface area (Å²) in [6.45, 7) is 11.0. The molecule has 0 saturated heterocycles. The average molecular weight is 264 g/mol. The van der Waals surface area contributed by atoms with E-state index in [1.54, 1.807) is 0 Å². The molecule has 3 nitrogen and oxygen atoms in total. The molecule has 0 atom stereocenters. The van der Waals surface area contributed by atoms with Crippen LogP contribution in [0.1, 0.15) is 32.8 Å². The minimum absolute atomic E-state index is 0.203. The second-order valence-electron chi connectivity index (χ2n) is 5.92. The number of aryl methyl sites for hydroxylation is 1. The summed E-state index contributed by atoms with van der Waals surface area (Å²) in [4.78, 5) is 2.28. The number of ether oxygens (including phenoxy) is 1. The summed E-state index contributed by atoms with van der Waals surface area (Å²) in [6, 6.07) is 6.35. The predicted molar refractivity (Wildman–Crippen MR) is 83.1 cm³/mol. The maximum absolute atomic E-state index is 5.77. The van der Waals surface area contributed by atoms with Gasteiger partial charge in [0.1, 0.15) is 5.75 Å². The van der Waals surface area contributed by atoms with E-state index >= 15 is 0 Å². The molecule has 19 heavy (non-hydrogen) atoms. The minimum Gasteiger partial charge on any atom is -0.494 e. The van der Waals surface area contributed by atoms with E-state index in [9.17, 15) is 0 Å². The molecule has 0 amide bonds. The van der Waals surface area contributed by atoms with Crippen LogP contribution in [0.5, 0.6) is 5.75 Å². The van der Waals surface area contributed by atoms with Gasteiger partial charge in [0, 0.05) is 19.3 Å². The normalized spacial score (nSPS) is 11.5. The van der Waals surface area contributed by atoms with Crippen LogP contribution in [0, 0.1) is 12.3 Å². The predicted octanol–water partition coefficient (Wildman–Crippen LogP) is 3.20. The molecule has 1 aromatic rings. The highest BCUT2D eigenvalue weighted by Crippen LogP contribution is 2.25. The second kappa shape index (κ2) is 6.80. The van der Waals surface area contributed by atoms with Crippen molar-refractivity contribution in [2.24, 2.45) is 11.1 Å². The van der Waals surface area contributed by atoms with E-state index in [1.807, 2.05) is 6.92 Å². The number of benzene rings is 1. The Morgan fingerprint density at radius 2 is 2.00 bits per heavy atom. The van der Waals surface area contributed by atoms with Crippen LogP contribution in [0.2, 0.25) is 0 Å². The van der Waals surface area contributed by atoms with Crippen LogP contribution in [0.25, 0.3) is 0 Å². The molecule has 3 heteroatoms. The highest BCUT2D eigenvalue weighted by Gasteiger charge is 2.16. The van der Waals surface area contributed by atoms with E-state index in [0.717, 1.165) is 25.3 Å². The number of nitrogens with zero attached hydrogens (tertiary/aromatic N) is 1. The lowest BCUT2D eigenvalue weighted by atomic mass is 9.89. The van der Waals surface area contributed by atoms with Gasteiger partial charge in [-0.2, -0.15) is 0 Å². The average Bonchev–Trinajstić information content (AvgIpc) is 2.38. The van der Waals surface area contributed by atoms with Crippen molar-refractivity contribution < 1.29 is 4.74 Å². The van der Waals surface area contributed by atoms with Crippen molar-refractivity contribution in [2.45, 2.75) is 34.1 Å². The molecule has 0 bridgehead atoms. The largest absolute Gasteiger partial charge is 0.494 e. The molecule has 0 aromatic heterocycles. The van der Waals surface area contributed by atoms with Crippen molar-refractivity contribution >= 4 is 5.69 Å². The molecule has 0 spiro atoms. The van der Waals surface area contributed by atoms with Crippen LogP contribution < -0.4 is 15.4 Å². The van der Waals surface area contributed by atoms with Gasteiger partial charge in [0.25, 0.3) is 0 Å². The van der Waals surface area contributed by atoms with E-state index in [0.29, 0.717) is 6.61 Å². The Hall–Kier alpha value is -1.22. The van der Waals surface area contributed by atoms with Crippen LogP contribution in [0.4, 0.5) is 5.69 Å². The summed E-state index contributed by atoms with van der Waals surface area (Å²) in [6.07, 6.45) is 1.09. The maximum atomic E-state index is 5.77. The highest BCUT2D eigenvalue weighted by atomic mass is 16.5. The van der Waals surface area contributed by atoms with Gasteiger partial charge in [0.2, 0.25) is 0 Å². The van der Waals surface area contributed by atoms with Crippen molar-refractivity contribution in [3.05, 3.63) is 23.8 Å². The summed E-state index contributed by atoms with van der Waals surface area (Å²) >= 11 is 0. The topological polar surface area (TPSA) is 38.5 Å². The van der Waals surface area contributed by atoms with E-state index in [2.05, 4.69) is 50.9 Å². The van der Waals surface area contributed by atoms with E-state index in [4.69, 9.17) is 10.5 Å². The van der Waals surface area contributed by atoms with Gasteiger partial charge in [-0.3, -0.25) is 0 Å². The fourth-order valence-electron chi connectivity index (χ4n) is 1.89. The Labute approximate surface area is 117 Å². The fourth-order valence-corrected chi connectivity index (χ4v) is 1.89. The van der Waals surface area contributed by atoms with Crippen molar-refractivity contribution in [2.75, 3.05) is 31.6 Å². The second-order valence-corrected chi connectivity index (χ2v) is 5.92. The molecule has 0 aliphatic heterocycles. The zero-order chi connectivity index (χ0) is 14.5. The summed E-state index contributed by atoms with van der Waals surface area (Å²) in [7, 11) is 2.13. The fraction of sp³-hybridized carbons (Fsp3) is 0.625. The zero-order valence-electron chi connectivity index (χ0n) is 13.0. The Morgan fingerprint density at radius 1 is 1.32 bits per heavy atom. The first-order valence-corrected chi connectivity index (χ1v) is 7.04. The molecule has 0 heterocycles. The summed E-state index contributed by atoms with van der Waals surface area (Å²) in [5.41, 5.74) is 8.39. The molecule has 108 valence electrons. The van der Waals surface area contributed by atoms with Gasteiger partial charge >= 0.3 is 0 Å². The van der Waals surface area contributed by atoms with Gasteiger partial charge in [-0.15, -0.1) is 0 Å². The van der Waals surface area contributed by atoms with Crippen LogP contribution in [0.3, 0.4) is 0 Å². The highest BCUT2D eigenvalue weighted by molar-refractivity contribution is 5.52. The summed E-state index contributed by atoms with van der Waals surface area (Å²) in [5, 5.41) is 0.